The van der Waals surface area contributed by atoms with E-state index < -0.39 is 6.10 Å². The first kappa shape index (κ1) is 15.5. The fourth-order valence-corrected chi connectivity index (χ4v) is 2.80. The number of nitrogens with zero attached hydrogens (tertiary/aromatic N) is 2. The Kier molecular flexibility index (Phi) is 5.57. The third-order valence-electron chi connectivity index (χ3n) is 3.79. The molecule has 2 rings (SSSR count). The number of aromatic nitrogens is 2. The summed E-state index contributed by atoms with van der Waals surface area (Å²) < 4.78 is 12.7. The lowest BCUT2D eigenvalue weighted by atomic mass is 10.0. The molecule has 0 saturated heterocycles. The van der Waals surface area contributed by atoms with E-state index in [4.69, 9.17) is 9.47 Å². The molecule has 114 valence electrons. The number of aryl methyl sites for hydroxylation is 2. The number of fused-ring (bicyclic) bond motifs is 1. The maximum Gasteiger partial charge on any atom is 0.106 e. The third kappa shape index (κ3) is 3.81. The molecule has 0 radical (unpaired) electrons. The average molecular weight is 282 g/mol. The Morgan fingerprint density at radius 1 is 1.30 bits per heavy atom. The Morgan fingerprint density at radius 3 is 2.80 bits per heavy atom. The van der Waals surface area contributed by atoms with E-state index in [0.717, 1.165) is 18.7 Å². The maximum absolute atomic E-state index is 10.1. The van der Waals surface area contributed by atoms with Crippen molar-refractivity contribution in [1.29, 1.82) is 0 Å². The van der Waals surface area contributed by atoms with Gasteiger partial charge in [-0.15, -0.1) is 0 Å². The molecule has 1 aromatic heterocycles. The van der Waals surface area contributed by atoms with Crippen LogP contribution < -0.4 is 0 Å². The van der Waals surface area contributed by atoms with Gasteiger partial charge in [0.15, 0.2) is 0 Å². The molecule has 20 heavy (non-hydrogen) atoms. The van der Waals surface area contributed by atoms with Crippen molar-refractivity contribution in [2.45, 2.75) is 58.3 Å². The van der Waals surface area contributed by atoms with Crippen LogP contribution in [0.15, 0.2) is 0 Å². The van der Waals surface area contributed by atoms with Crippen LogP contribution >= 0.6 is 0 Å². The molecule has 2 unspecified atom stereocenters. The molecule has 5 heteroatoms. The van der Waals surface area contributed by atoms with Gasteiger partial charge in [0.05, 0.1) is 37.7 Å². The second kappa shape index (κ2) is 7.20. The SMILES string of the molecule is COCC(C)OCC(O)Cn1c(C)nc2c1CCCC2. The quantitative estimate of drug-likeness (QED) is 0.823. The summed E-state index contributed by atoms with van der Waals surface area (Å²) in [6.07, 6.45) is 4.09. The highest BCUT2D eigenvalue weighted by Gasteiger charge is 2.20. The van der Waals surface area contributed by atoms with Crippen molar-refractivity contribution >= 4 is 0 Å². The summed E-state index contributed by atoms with van der Waals surface area (Å²) in [7, 11) is 1.65. The van der Waals surface area contributed by atoms with Crippen LogP contribution in [-0.2, 0) is 28.9 Å². The first-order valence-corrected chi connectivity index (χ1v) is 7.45. The standard InChI is InChI=1S/C15H26N2O3/c1-11(9-19-3)20-10-13(18)8-17-12(2)16-14-6-4-5-7-15(14)17/h11,13,18H,4-10H2,1-3H3. The highest BCUT2D eigenvalue weighted by Crippen LogP contribution is 2.22. The van der Waals surface area contributed by atoms with E-state index in [0.29, 0.717) is 19.8 Å². The average Bonchev–Trinajstić information content (AvgIpc) is 2.73. The number of ether oxygens (including phenoxy) is 2. The van der Waals surface area contributed by atoms with Crippen LogP contribution in [0.3, 0.4) is 0 Å². The van der Waals surface area contributed by atoms with Crippen LogP contribution in [0, 0.1) is 6.92 Å². The van der Waals surface area contributed by atoms with Crippen LogP contribution in [0.25, 0.3) is 0 Å². The molecule has 1 N–H and O–H groups in total. The summed E-state index contributed by atoms with van der Waals surface area (Å²) in [5, 5.41) is 10.1. The molecule has 1 aromatic rings. The summed E-state index contributed by atoms with van der Waals surface area (Å²) in [5.41, 5.74) is 2.52. The fraction of sp³-hybridized carbons (Fsp3) is 0.800. The number of methoxy groups -OCH3 is 1. The van der Waals surface area contributed by atoms with E-state index >= 15 is 0 Å². The van der Waals surface area contributed by atoms with Crippen LogP contribution in [0.4, 0.5) is 0 Å². The first-order chi connectivity index (χ1) is 9.61. The van der Waals surface area contributed by atoms with Gasteiger partial charge in [-0.2, -0.15) is 0 Å². The number of aliphatic hydroxyl groups excluding tert-OH is 1. The van der Waals surface area contributed by atoms with E-state index in [1.165, 1.54) is 24.2 Å². The lowest BCUT2D eigenvalue weighted by Crippen LogP contribution is -2.27. The fourth-order valence-electron chi connectivity index (χ4n) is 2.80. The number of rotatable bonds is 7. The van der Waals surface area contributed by atoms with Gasteiger partial charge in [0.25, 0.3) is 0 Å². The van der Waals surface area contributed by atoms with E-state index in [1.807, 2.05) is 13.8 Å². The van der Waals surface area contributed by atoms with Crippen molar-refractivity contribution in [1.82, 2.24) is 9.55 Å². The van der Waals surface area contributed by atoms with Gasteiger partial charge in [-0.3, -0.25) is 0 Å². The predicted molar refractivity (Wildman–Crippen MR) is 76.9 cm³/mol. The highest BCUT2D eigenvalue weighted by atomic mass is 16.5. The van der Waals surface area contributed by atoms with Crippen molar-refractivity contribution in [3.8, 4) is 0 Å². The van der Waals surface area contributed by atoms with E-state index in [9.17, 15) is 5.11 Å². The second-order valence-corrected chi connectivity index (χ2v) is 5.62. The maximum atomic E-state index is 10.1. The smallest absolute Gasteiger partial charge is 0.106 e. The van der Waals surface area contributed by atoms with Gasteiger partial charge in [0, 0.05) is 12.8 Å². The molecule has 0 aromatic carbocycles. The molecule has 1 aliphatic carbocycles. The summed E-state index contributed by atoms with van der Waals surface area (Å²) >= 11 is 0. The first-order valence-electron chi connectivity index (χ1n) is 7.45. The van der Waals surface area contributed by atoms with Crippen LogP contribution in [0.2, 0.25) is 0 Å². The second-order valence-electron chi connectivity index (χ2n) is 5.62. The van der Waals surface area contributed by atoms with Gasteiger partial charge in [0.2, 0.25) is 0 Å². The number of aliphatic hydroxyl groups is 1. The summed E-state index contributed by atoms with van der Waals surface area (Å²) in [6.45, 7) is 5.40. The van der Waals surface area contributed by atoms with Gasteiger partial charge in [0.1, 0.15) is 5.82 Å². The van der Waals surface area contributed by atoms with Crippen molar-refractivity contribution in [3.63, 3.8) is 0 Å². The molecule has 0 bridgehead atoms. The molecule has 0 aliphatic heterocycles. The molecular formula is C15H26N2O3. The highest BCUT2D eigenvalue weighted by molar-refractivity contribution is 5.20. The Hall–Kier alpha value is -0.910. The lowest BCUT2D eigenvalue weighted by Gasteiger charge is -2.19. The Balaban J connectivity index is 1.91. The van der Waals surface area contributed by atoms with E-state index in [-0.39, 0.29) is 6.10 Å². The van der Waals surface area contributed by atoms with Crippen molar-refractivity contribution in [3.05, 3.63) is 17.2 Å². The van der Waals surface area contributed by atoms with Gasteiger partial charge < -0.3 is 19.1 Å². The third-order valence-corrected chi connectivity index (χ3v) is 3.79. The number of hydrogen-bond donors (Lipinski definition) is 1. The molecular weight excluding hydrogens is 256 g/mol. The van der Waals surface area contributed by atoms with Crippen molar-refractivity contribution in [2.24, 2.45) is 0 Å². The molecule has 0 fully saturated rings. The van der Waals surface area contributed by atoms with E-state index in [1.54, 1.807) is 7.11 Å². The number of hydrogen-bond acceptors (Lipinski definition) is 4. The van der Waals surface area contributed by atoms with Crippen LogP contribution in [0.5, 0.6) is 0 Å². The molecule has 1 aliphatic rings. The van der Waals surface area contributed by atoms with Gasteiger partial charge in [-0.25, -0.2) is 4.98 Å². The topological polar surface area (TPSA) is 56.5 Å². The molecule has 5 nitrogen and oxygen atoms in total. The largest absolute Gasteiger partial charge is 0.389 e. The minimum absolute atomic E-state index is 0.00690. The Bertz CT molecular complexity index is 431. The molecule has 0 spiro atoms. The Morgan fingerprint density at radius 2 is 2.05 bits per heavy atom. The minimum Gasteiger partial charge on any atom is -0.389 e. The predicted octanol–water partition coefficient (Wildman–Crippen LogP) is 1.48. The normalized spacial score (nSPS) is 17.8. The molecule has 0 saturated carbocycles. The van der Waals surface area contributed by atoms with Gasteiger partial charge >= 0.3 is 0 Å². The Labute approximate surface area is 120 Å². The van der Waals surface area contributed by atoms with Crippen LogP contribution in [-0.4, -0.2) is 47.2 Å². The van der Waals surface area contributed by atoms with Crippen molar-refractivity contribution in [2.75, 3.05) is 20.3 Å². The molecule has 1 heterocycles. The van der Waals surface area contributed by atoms with Gasteiger partial charge in [-0.05, 0) is 39.5 Å². The monoisotopic (exact) mass is 282 g/mol. The van der Waals surface area contributed by atoms with E-state index in [2.05, 4.69) is 9.55 Å². The summed E-state index contributed by atoms with van der Waals surface area (Å²) in [6, 6.07) is 0. The minimum atomic E-state index is -0.506. The zero-order valence-electron chi connectivity index (χ0n) is 12.8. The number of imidazole rings is 1. The van der Waals surface area contributed by atoms with Gasteiger partial charge in [-0.1, -0.05) is 0 Å². The molecule has 0 amide bonds. The summed E-state index contributed by atoms with van der Waals surface area (Å²) in [5.74, 6) is 1.00. The lowest BCUT2D eigenvalue weighted by molar-refractivity contribution is -0.0359. The molecule has 2 atom stereocenters. The zero-order valence-corrected chi connectivity index (χ0v) is 12.8. The zero-order chi connectivity index (χ0) is 14.5. The van der Waals surface area contributed by atoms with Crippen molar-refractivity contribution < 1.29 is 14.6 Å². The summed E-state index contributed by atoms with van der Waals surface area (Å²) in [4.78, 5) is 4.62. The van der Waals surface area contributed by atoms with Crippen LogP contribution in [0.1, 0.15) is 37.0 Å².